The highest BCUT2D eigenvalue weighted by Crippen LogP contribution is 2.28. The van der Waals surface area contributed by atoms with E-state index in [1.807, 2.05) is 49.7 Å². The number of piperazine rings is 1. The van der Waals surface area contributed by atoms with Gasteiger partial charge in [0.25, 0.3) is 0 Å². The lowest BCUT2D eigenvalue weighted by atomic mass is 10.1. The summed E-state index contributed by atoms with van der Waals surface area (Å²) < 4.78 is 29.5. The smallest absolute Gasteiger partial charge is 0.163 e. The Labute approximate surface area is 191 Å². The fourth-order valence-electron chi connectivity index (χ4n) is 4.50. The molecular weight excluding hydrogens is 422 g/mol. The number of aryl methyl sites for hydroxylation is 2. The lowest BCUT2D eigenvalue weighted by molar-refractivity contribution is 0.194. The zero-order chi connectivity index (χ0) is 23.1. The van der Waals surface area contributed by atoms with Gasteiger partial charge in [-0.1, -0.05) is 6.07 Å². The van der Waals surface area contributed by atoms with Crippen molar-refractivity contribution in [2.24, 2.45) is 0 Å². The summed E-state index contributed by atoms with van der Waals surface area (Å²) in [6, 6.07) is 7.74. The van der Waals surface area contributed by atoms with Gasteiger partial charge in [-0.05, 0) is 38.5 Å². The molecule has 0 spiro atoms. The minimum atomic E-state index is -0.550. The molecule has 1 aliphatic rings. The molecule has 170 valence electrons. The fourth-order valence-corrected chi connectivity index (χ4v) is 4.50. The maximum Gasteiger partial charge on any atom is 0.163 e. The number of hydrogen-bond acceptors (Lipinski definition) is 5. The Hall–Kier alpha value is -3.39. The molecule has 33 heavy (non-hydrogen) atoms. The van der Waals surface area contributed by atoms with Crippen molar-refractivity contribution in [2.75, 3.05) is 31.1 Å². The molecule has 1 aromatic carbocycles. The van der Waals surface area contributed by atoms with E-state index in [1.165, 1.54) is 6.07 Å². The summed E-state index contributed by atoms with van der Waals surface area (Å²) in [5, 5.41) is 0. The van der Waals surface area contributed by atoms with Crippen LogP contribution >= 0.6 is 0 Å². The minimum absolute atomic E-state index is 0.125. The Morgan fingerprint density at radius 2 is 1.76 bits per heavy atom. The summed E-state index contributed by atoms with van der Waals surface area (Å²) in [7, 11) is 0. The topological polar surface area (TPSA) is 49.6 Å². The third-order valence-corrected chi connectivity index (χ3v) is 6.42. The van der Waals surface area contributed by atoms with Crippen LogP contribution in [0.2, 0.25) is 0 Å². The molecular formula is C25H26F2N6. The molecule has 1 aliphatic heterocycles. The molecule has 6 nitrogen and oxygen atoms in total. The molecule has 0 radical (unpaired) electrons. The third-order valence-electron chi connectivity index (χ3n) is 6.42. The number of benzene rings is 1. The summed E-state index contributed by atoms with van der Waals surface area (Å²) >= 11 is 0. The van der Waals surface area contributed by atoms with Crippen LogP contribution in [0.5, 0.6) is 0 Å². The molecule has 4 aromatic rings. The number of pyridine rings is 1. The largest absolute Gasteiger partial charge is 0.354 e. The summed E-state index contributed by atoms with van der Waals surface area (Å²) in [6.45, 7) is 9.05. The van der Waals surface area contributed by atoms with Gasteiger partial charge in [0, 0.05) is 79.8 Å². The van der Waals surface area contributed by atoms with Crippen LogP contribution in [-0.4, -0.2) is 50.4 Å². The van der Waals surface area contributed by atoms with E-state index in [0.717, 1.165) is 60.5 Å². The Morgan fingerprint density at radius 1 is 0.970 bits per heavy atom. The monoisotopic (exact) mass is 448 g/mol. The van der Waals surface area contributed by atoms with Crippen LogP contribution in [0.4, 0.5) is 14.6 Å². The molecule has 3 aromatic heterocycles. The molecule has 0 amide bonds. The predicted molar refractivity (Wildman–Crippen MR) is 124 cm³/mol. The molecule has 1 fully saturated rings. The molecule has 1 unspecified atom stereocenters. The second-order valence-electron chi connectivity index (χ2n) is 8.62. The van der Waals surface area contributed by atoms with Crippen molar-refractivity contribution in [1.29, 1.82) is 0 Å². The SMILES string of the molecule is Cc1cc(N2CCN(C(C)c3ccc(F)cc3F)CC2)nc(-c2cn3ccnc3cc2C)n1. The zero-order valence-electron chi connectivity index (χ0n) is 19.0. The highest BCUT2D eigenvalue weighted by atomic mass is 19.1. The predicted octanol–water partition coefficient (Wildman–Crippen LogP) is 4.57. The van der Waals surface area contributed by atoms with Crippen molar-refractivity contribution in [2.45, 2.75) is 26.8 Å². The van der Waals surface area contributed by atoms with E-state index >= 15 is 0 Å². The zero-order valence-corrected chi connectivity index (χ0v) is 19.0. The van der Waals surface area contributed by atoms with Gasteiger partial charge >= 0.3 is 0 Å². The normalized spacial score (nSPS) is 15.8. The van der Waals surface area contributed by atoms with E-state index < -0.39 is 11.6 Å². The van der Waals surface area contributed by atoms with Crippen molar-refractivity contribution in [1.82, 2.24) is 24.3 Å². The van der Waals surface area contributed by atoms with Gasteiger partial charge in [-0.15, -0.1) is 0 Å². The fraction of sp³-hybridized carbons (Fsp3) is 0.320. The number of anilines is 1. The lowest BCUT2D eigenvalue weighted by Gasteiger charge is -2.39. The van der Waals surface area contributed by atoms with Crippen molar-refractivity contribution >= 4 is 11.5 Å². The number of nitrogens with zero attached hydrogens (tertiary/aromatic N) is 6. The van der Waals surface area contributed by atoms with Crippen LogP contribution in [0.3, 0.4) is 0 Å². The first-order chi connectivity index (χ1) is 15.9. The van der Waals surface area contributed by atoms with Gasteiger partial charge in [0.05, 0.1) is 0 Å². The van der Waals surface area contributed by atoms with Gasteiger partial charge in [0.1, 0.15) is 23.1 Å². The maximum atomic E-state index is 14.3. The number of rotatable bonds is 4. The average molecular weight is 449 g/mol. The Balaban J connectivity index is 1.35. The van der Waals surface area contributed by atoms with Gasteiger partial charge in [-0.3, -0.25) is 4.90 Å². The van der Waals surface area contributed by atoms with Crippen molar-refractivity contribution in [3.8, 4) is 11.4 Å². The van der Waals surface area contributed by atoms with Crippen LogP contribution in [-0.2, 0) is 0 Å². The van der Waals surface area contributed by atoms with Crippen LogP contribution in [0.15, 0.2) is 48.9 Å². The van der Waals surface area contributed by atoms with Gasteiger partial charge in [-0.2, -0.15) is 0 Å². The number of imidazole rings is 1. The van der Waals surface area contributed by atoms with Gasteiger partial charge in [0.2, 0.25) is 0 Å². The highest BCUT2D eigenvalue weighted by Gasteiger charge is 2.25. The maximum absolute atomic E-state index is 14.3. The summed E-state index contributed by atoms with van der Waals surface area (Å²) in [6.07, 6.45) is 5.71. The third kappa shape index (κ3) is 4.18. The molecule has 8 heteroatoms. The van der Waals surface area contributed by atoms with E-state index in [0.29, 0.717) is 11.4 Å². The molecule has 0 aliphatic carbocycles. The van der Waals surface area contributed by atoms with E-state index in [2.05, 4.69) is 14.8 Å². The first-order valence-electron chi connectivity index (χ1n) is 11.1. The number of aromatic nitrogens is 4. The molecule has 0 N–H and O–H groups in total. The lowest BCUT2D eigenvalue weighted by Crippen LogP contribution is -2.47. The Kier molecular flexibility index (Phi) is 5.54. The van der Waals surface area contributed by atoms with Crippen molar-refractivity contribution in [3.05, 3.63) is 77.4 Å². The van der Waals surface area contributed by atoms with E-state index in [1.54, 1.807) is 12.3 Å². The molecule has 4 heterocycles. The minimum Gasteiger partial charge on any atom is -0.354 e. The summed E-state index contributed by atoms with van der Waals surface area (Å²) in [5.41, 5.74) is 4.38. The van der Waals surface area contributed by atoms with Gasteiger partial charge < -0.3 is 9.30 Å². The van der Waals surface area contributed by atoms with Gasteiger partial charge in [0.15, 0.2) is 5.82 Å². The number of hydrogen-bond donors (Lipinski definition) is 0. The molecule has 1 saturated heterocycles. The van der Waals surface area contributed by atoms with Crippen LogP contribution < -0.4 is 4.90 Å². The number of halogens is 2. The Bertz CT molecular complexity index is 1310. The van der Waals surface area contributed by atoms with Crippen LogP contribution in [0.1, 0.15) is 29.8 Å². The first kappa shape index (κ1) is 21.5. The summed E-state index contributed by atoms with van der Waals surface area (Å²) in [5.74, 6) is 0.544. The molecule has 1 atom stereocenters. The Morgan fingerprint density at radius 3 is 2.52 bits per heavy atom. The van der Waals surface area contributed by atoms with Crippen LogP contribution in [0.25, 0.3) is 17.0 Å². The van der Waals surface area contributed by atoms with Crippen molar-refractivity contribution in [3.63, 3.8) is 0 Å². The quantitative estimate of drug-likeness (QED) is 0.458. The molecule has 0 bridgehead atoms. The van der Waals surface area contributed by atoms with E-state index in [4.69, 9.17) is 9.97 Å². The van der Waals surface area contributed by atoms with Crippen molar-refractivity contribution < 1.29 is 8.78 Å². The van der Waals surface area contributed by atoms with Gasteiger partial charge in [-0.25, -0.2) is 23.7 Å². The van der Waals surface area contributed by atoms with Crippen LogP contribution in [0, 0.1) is 25.5 Å². The first-order valence-corrected chi connectivity index (χ1v) is 11.1. The summed E-state index contributed by atoms with van der Waals surface area (Å²) in [4.78, 5) is 18.4. The average Bonchev–Trinajstić information content (AvgIpc) is 3.25. The van der Waals surface area contributed by atoms with E-state index in [-0.39, 0.29) is 6.04 Å². The second-order valence-corrected chi connectivity index (χ2v) is 8.62. The molecule has 0 saturated carbocycles. The highest BCUT2D eigenvalue weighted by molar-refractivity contribution is 5.64. The standard InChI is InChI=1S/C25H26F2N6/c1-16-12-23-28-6-7-33(23)15-21(16)25-29-17(2)13-24(30-25)32-10-8-31(9-11-32)18(3)20-5-4-19(26)14-22(20)27/h4-7,12-15,18H,8-11H2,1-3H3. The second kappa shape index (κ2) is 8.51. The number of fused-ring (bicyclic) bond motifs is 1. The van der Waals surface area contributed by atoms with E-state index in [9.17, 15) is 8.78 Å². The molecule has 5 rings (SSSR count).